The van der Waals surface area contributed by atoms with Crippen molar-refractivity contribution in [1.82, 2.24) is 9.97 Å². The molecule has 2 N–H and O–H groups in total. The lowest BCUT2D eigenvalue weighted by molar-refractivity contribution is -0.349. The largest absolute Gasteiger partial charge is 0.426 e. The highest BCUT2D eigenvalue weighted by molar-refractivity contribution is 6.26. The predicted molar refractivity (Wildman–Crippen MR) is 131 cm³/mol. The molecule has 5 nitrogen and oxygen atoms in total. The van der Waals surface area contributed by atoms with Gasteiger partial charge in [0.2, 0.25) is 11.9 Å². The van der Waals surface area contributed by atoms with Crippen LogP contribution in [0, 0.1) is 0 Å². The van der Waals surface area contributed by atoms with Gasteiger partial charge in [0, 0.05) is 33.7 Å². The number of nitrogens with one attached hydrogen (secondary N) is 2. The van der Waals surface area contributed by atoms with Crippen LogP contribution >= 0.6 is 0 Å². The number of aromatic amines is 2. The van der Waals surface area contributed by atoms with Crippen LogP contribution < -0.4 is 0 Å². The average Bonchev–Trinajstić information content (AvgIpc) is 3.49. The number of carbonyl (C=O) groups is 2. The van der Waals surface area contributed by atoms with E-state index in [0.29, 0.717) is 11.1 Å². The van der Waals surface area contributed by atoms with E-state index in [4.69, 9.17) is 0 Å². The van der Waals surface area contributed by atoms with Gasteiger partial charge in [-0.1, -0.05) is 36.4 Å². The molecule has 5 aromatic rings. The summed E-state index contributed by atoms with van der Waals surface area (Å²) in [5.74, 6) is -0.170. The van der Waals surface area contributed by atoms with Crippen LogP contribution in [0.25, 0.3) is 33.5 Å². The quantitative estimate of drug-likeness (QED) is 0.219. The van der Waals surface area contributed by atoms with E-state index >= 15 is 0 Å². The molecule has 0 aliphatic carbocycles. The number of benzene rings is 3. The van der Waals surface area contributed by atoms with Gasteiger partial charge in [0.15, 0.2) is 5.78 Å². The Morgan fingerprint density at radius 2 is 1.45 bits per heavy atom. The Morgan fingerprint density at radius 3 is 2.12 bits per heavy atom. The predicted octanol–water partition coefficient (Wildman–Crippen LogP) is 5.70. The van der Waals surface area contributed by atoms with E-state index in [2.05, 4.69) is 9.97 Å². The maximum atomic E-state index is 13.6. The molecule has 1 amide bonds. The third-order valence-electron chi connectivity index (χ3n) is 6.07. The SMILES string of the molecule is CC(=O)c1ccc2c(c1)C(=Cc1cc3ccccc3[nH]1)C(=O)[N+]2=Cc1cc2ccccc2[nH]1. The summed E-state index contributed by atoms with van der Waals surface area (Å²) >= 11 is 0. The van der Waals surface area contributed by atoms with Gasteiger partial charge in [-0.2, -0.15) is 0 Å². The number of rotatable bonds is 3. The molecule has 0 atom stereocenters. The Bertz CT molecular complexity index is 1600. The first kappa shape index (κ1) is 19.2. The topological polar surface area (TPSA) is 68.7 Å². The summed E-state index contributed by atoms with van der Waals surface area (Å²) in [5.41, 5.74) is 6.32. The summed E-state index contributed by atoms with van der Waals surface area (Å²) in [6.45, 7) is 1.54. The zero-order chi connectivity index (χ0) is 22.5. The highest BCUT2D eigenvalue weighted by Gasteiger charge is 2.39. The number of ketones is 1. The zero-order valence-electron chi connectivity index (χ0n) is 17.9. The van der Waals surface area contributed by atoms with E-state index in [1.165, 1.54) is 6.92 Å². The van der Waals surface area contributed by atoms with Gasteiger partial charge >= 0.3 is 5.91 Å². The molecule has 3 aromatic carbocycles. The van der Waals surface area contributed by atoms with Crippen LogP contribution in [-0.2, 0) is 4.79 Å². The van der Waals surface area contributed by atoms with Crippen LogP contribution in [0.3, 0.4) is 0 Å². The van der Waals surface area contributed by atoms with Gasteiger partial charge in [0.1, 0.15) is 11.3 Å². The first-order valence-electron chi connectivity index (χ1n) is 10.8. The number of hydrogen-bond donors (Lipinski definition) is 2. The summed E-state index contributed by atoms with van der Waals surface area (Å²) < 4.78 is 1.65. The number of amides is 1. The average molecular weight is 430 g/mol. The molecule has 0 unspecified atom stereocenters. The Hall–Kier alpha value is -4.51. The molecule has 158 valence electrons. The molecule has 2 aromatic heterocycles. The lowest BCUT2D eigenvalue weighted by Gasteiger charge is -1.98. The van der Waals surface area contributed by atoms with Crippen molar-refractivity contribution < 1.29 is 14.2 Å². The molecule has 3 heterocycles. The summed E-state index contributed by atoms with van der Waals surface area (Å²) in [4.78, 5) is 32.4. The molecule has 0 spiro atoms. The fraction of sp³-hybridized carbons (Fsp3) is 0.0357. The third kappa shape index (κ3) is 3.22. The number of nitrogens with zero attached hydrogens (tertiary/aromatic N) is 1. The van der Waals surface area contributed by atoms with Crippen LogP contribution in [-0.4, -0.2) is 32.4 Å². The molecular weight excluding hydrogens is 410 g/mol. The number of Topliss-reactive ketones (excluding diaryl/α,β-unsaturated/α-hetero) is 1. The summed E-state index contributed by atoms with van der Waals surface area (Å²) in [5, 5.41) is 2.16. The molecule has 5 heteroatoms. The lowest BCUT2D eigenvalue weighted by Crippen LogP contribution is -2.12. The Balaban J connectivity index is 1.52. The monoisotopic (exact) mass is 430 g/mol. The fourth-order valence-corrected chi connectivity index (χ4v) is 4.44. The number of H-pyrrole nitrogens is 2. The van der Waals surface area contributed by atoms with Crippen LogP contribution in [0.1, 0.15) is 34.2 Å². The van der Waals surface area contributed by atoms with Gasteiger partial charge in [0.05, 0.1) is 5.56 Å². The minimum atomic E-state index is -0.136. The smallest absolute Gasteiger partial charge is 0.355 e. The highest BCUT2D eigenvalue weighted by Crippen LogP contribution is 2.37. The van der Waals surface area contributed by atoms with Crippen molar-refractivity contribution in [2.45, 2.75) is 6.92 Å². The Labute approximate surface area is 189 Å². The Morgan fingerprint density at radius 1 is 0.818 bits per heavy atom. The lowest BCUT2D eigenvalue weighted by atomic mass is 10.0. The Kier molecular flexibility index (Phi) is 4.23. The van der Waals surface area contributed by atoms with E-state index < -0.39 is 0 Å². The van der Waals surface area contributed by atoms with Crippen molar-refractivity contribution in [1.29, 1.82) is 0 Å². The third-order valence-corrected chi connectivity index (χ3v) is 6.07. The first-order chi connectivity index (χ1) is 16.1. The minimum absolute atomic E-state index is 0.0340. The van der Waals surface area contributed by atoms with Gasteiger partial charge in [0.25, 0.3) is 0 Å². The molecular formula is C28H20N3O2+. The van der Waals surface area contributed by atoms with Crippen molar-refractivity contribution in [2.75, 3.05) is 0 Å². The zero-order valence-corrected chi connectivity index (χ0v) is 17.9. The van der Waals surface area contributed by atoms with Crippen molar-refractivity contribution in [3.05, 3.63) is 101 Å². The van der Waals surface area contributed by atoms with Crippen LogP contribution in [0.2, 0.25) is 0 Å². The number of para-hydroxylation sites is 2. The number of carbonyl (C=O) groups excluding carboxylic acids is 2. The number of aromatic nitrogens is 2. The second-order valence-electron chi connectivity index (χ2n) is 8.27. The van der Waals surface area contributed by atoms with Crippen LogP contribution in [0.15, 0.2) is 78.9 Å². The van der Waals surface area contributed by atoms with Crippen molar-refractivity contribution in [3.63, 3.8) is 0 Å². The molecule has 1 aliphatic rings. The summed E-state index contributed by atoms with van der Waals surface area (Å²) in [7, 11) is 0. The molecule has 1 aliphatic heterocycles. The van der Waals surface area contributed by atoms with E-state index in [1.807, 2.05) is 85.1 Å². The van der Waals surface area contributed by atoms with E-state index in [0.717, 1.165) is 44.4 Å². The molecule has 0 saturated heterocycles. The van der Waals surface area contributed by atoms with Gasteiger partial charge < -0.3 is 9.97 Å². The molecule has 6 rings (SSSR count). The highest BCUT2D eigenvalue weighted by atomic mass is 16.2. The van der Waals surface area contributed by atoms with Crippen LogP contribution in [0.4, 0.5) is 5.69 Å². The number of fused-ring (bicyclic) bond motifs is 3. The molecule has 0 radical (unpaired) electrons. The second-order valence-corrected chi connectivity index (χ2v) is 8.27. The molecule has 0 fully saturated rings. The van der Waals surface area contributed by atoms with Gasteiger partial charge in [-0.05, 0) is 54.8 Å². The van der Waals surface area contributed by atoms with E-state index in [9.17, 15) is 9.59 Å². The number of hydrogen-bond acceptors (Lipinski definition) is 2. The normalized spacial score (nSPS) is 15.7. The standard InChI is InChI=1S/C28H19N3O2/c1-17(32)18-10-11-27-23(14-18)24(15-21-12-19-6-2-4-8-25(19)29-21)28(33)31(27)16-22-13-20-7-3-5-9-26(20)30-22/h2-16H,1H3,(H,29,33)/p+1. The van der Waals surface area contributed by atoms with Crippen LogP contribution in [0.5, 0.6) is 0 Å². The maximum absolute atomic E-state index is 13.6. The van der Waals surface area contributed by atoms with Crippen molar-refractivity contribution >= 4 is 57.0 Å². The van der Waals surface area contributed by atoms with Gasteiger partial charge in [-0.3, -0.25) is 4.79 Å². The maximum Gasteiger partial charge on any atom is 0.426 e. The van der Waals surface area contributed by atoms with Crippen molar-refractivity contribution in [3.8, 4) is 0 Å². The van der Waals surface area contributed by atoms with Crippen molar-refractivity contribution in [2.24, 2.45) is 0 Å². The second kappa shape index (κ2) is 7.28. The minimum Gasteiger partial charge on any atom is -0.355 e. The summed E-state index contributed by atoms with van der Waals surface area (Å²) in [6.07, 6.45) is 3.69. The fourth-order valence-electron chi connectivity index (χ4n) is 4.44. The first-order valence-corrected chi connectivity index (χ1v) is 10.8. The van der Waals surface area contributed by atoms with E-state index in [-0.39, 0.29) is 11.7 Å². The molecule has 0 bridgehead atoms. The van der Waals surface area contributed by atoms with Gasteiger partial charge in [-0.15, -0.1) is 4.58 Å². The summed E-state index contributed by atoms with van der Waals surface area (Å²) in [6, 6.07) is 25.5. The van der Waals surface area contributed by atoms with Gasteiger partial charge in [-0.25, -0.2) is 4.79 Å². The molecule has 0 saturated carbocycles. The molecule has 33 heavy (non-hydrogen) atoms. The van der Waals surface area contributed by atoms with E-state index in [1.54, 1.807) is 10.6 Å².